The number of nitrogens with zero attached hydrogens (tertiary/aromatic N) is 2. The van der Waals surface area contributed by atoms with Gasteiger partial charge in [-0.25, -0.2) is 8.42 Å². The van der Waals surface area contributed by atoms with Gasteiger partial charge in [0, 0.05) is 31.1 Å². The molecule has 1 aliphatic rings. The van der Waals surface area contributed by atoms with Gasteiger partial charge in [0.25, 0.3) is 0 Å². The molecule has 0 amide bonds. The summed E-state index contributed by atoms with van der Waals surface area (Å²) in [5, 5.41) is 8.70. The van der Waals surface area contributed by atoms with Crippen molar-refractivity contribution in [2.24, 2.45) is 0 Å². The molecule has 19 heavy (non-hydrogen) atoms. The third-order valence-electron chi connectivity index (χ3n) is 3.12. The molecule has 0 atom stereocenters. The van der Waals surface area contributed by atoms with Gasteiger partial charge in [0.2, 0.25) is 0 Å². The molecule has 4 nitrogen and oxygen atoms in total. The topological polar surface area (TPSA) is 61.2 Å². The van der Waals surface area contributed by atoms with Gasteiger partial charge in [-0.3, -0.25) is 0 Å². The SMILES string of the molecule is N#Cc1ccc(S(=O)(=O)CCN2CCSCC2)cc1. The van der Waals surface area contributed by atoms with Crippen molar-refractivity contribution in [1.82, 2.24) is 4.90 Å². The highest BCUT2D eigenvalue weighted by Gasteiger charge is 2.17. The summed E-state index contributed by atoms with van der Waals surface area (Å²) < 4.78 is 24.3. The zero-order valence-corrected chi connectivity index (χ0v) is 12.2. The van der Waals surface area contributed by atoms with Crippen LogP contribution in [0.3, 0.4) is 0 Å². The lowest BCUT2D eigenvalue weighted by Gasteiger charge is -2.25. The van der Waals surface area contributed by atoms with Crippen molar-refractivity contribution in [2.75, 3.05) is 36.9 Å². The van der Waals surface area contributed by atoms with Gasteiger partial charge in [-0.05, 0) is 24.3 Å². The Labute approximate surface area is 118 Å². The van der Waals surface area contributed by atoms with Crippen LogP contribution in [0.1, 0.15) is 5.56 Å². The molecule has 0 spiro atoms. The van der Waals surface area contributed by atoms with Crippen LogP contribution < -0.4 is 0 Å². The van der Waals surface area contributed by atoms with E-state index in [1.54, 1.807) is 12.1 Å². The number of rotatable bonds is 4. The molecule has 1 aromatic carbocycles. The minimum atomic E-state index is -3.24. The maximum Gasteiger partial charge on any atom is 0.179 e. The molecule has 1 heterocycles. The second-order valence-corrected chi connectivity index (χ2v) is 7.74. The Morgan fingerprint density at radius 3 is 2.42 bits per heavy atom. The van der Waals surface area contributed by atoms with Crippen molar-refractivity contribution in [3.8, 4) is 6.07 Å². The third kappa shape index (κ3) is 3.96. The predicted octanol–water partition coefficient (Wildman–Crippen LogP) is 1.38. The van der Waals surface area contributed by atoms with Gasteiger partial charge >= 0.3 is 0 Å². The first-order valence-corrected chi connectivity index (χ1v) is 8.95. The van der Waals surface area contributed by atoms with E-state index in [2.05, 4.69) is 4.90 Å². The highest BCUT2D eigenvalue weighted by molar-refractivity contribution is 7.99. The largest absolute Gasteiger partial charge is 0.301 e. The average Bonchev–Trinajstić information content (AvgIpc) is 2.46. The minimum Gasteiger partial charge on any atom is -0.301 e. The lowest BCUT2D eigenvalue weighted by Crippen LogP contribution is -2.36. The summed E-state index contributed by atoms with van der Waals surface area (Å²) in [6, 6.07) is 8.10. The first-order chi connectivity index (χ1) is 9.12. The fraction of sp³-hybridized carbons (Fsp3) is 0.462. The molecule has 0 unspecified atom stereocenters. The van der Waals surface area contributed by atoms with Gasteiger partial charge in [-0.15, -0.1) is 0 Å². The van der Waals surface area contributed by atoms with Gasteiger partial charge in [0.15, 0.2) is 9.84 Å². The molecular formula is C13H16N2O2S2. The van der Waals surface area contributed by atoms with Gasteiger partial charge < -0.3 is 4.90 Å². The zero-order valence-electron chi connectivity index (χ0n) is 10.6. The van der Waals surface area contributed by atoms with Gasteiger partial charge in [0.1, 0.15) is 0 Å². The van der Waals surface area contributed by atoms with Crippen molar-refractivity contribution in [1.29, 1.82) is 5.26 Å². The zero-order chi connectivity index (χ0) is 13.7. The van der Waals surface area contributed by atoms with E-state index in [0.717, 1.165) is 24.6 Å². The number of nitriles is 1. The van der Waals surface area contributed by atoms with E-state index >= 15 is 0 Å². The smallest absolute Gasteiger partial charge is 0.179 e. The molecule has 0 bridgehead atoms. The molecule has 1 aromatic rings. The van der Waals surface area contributed by atoms with E-state index in [4.69, 9.17) is 5.26 Å². The Morgan fingerprint density at radius 1 is 1.21 bits per heavy atom. The van der Waals surface area contributed by atoms with Crippen LogP contribution in [-0.2, 0) is 9.84 Å². The molecule has 0 aromatic heterocycles. The summed E-state index contributed by atoms with van der Waals surface area (Å²) in [6.07, 6.45) is 0. The first kappa shape index (κ1) is 14.4. The van der Waals surface area contributed by atoms with Crippen LogP contribution in [0.15, 0.2) is 29.2 Å². The average molecular weight is 296 g/mol. The summed E-state index contributed by atoms with van der Waals surface area (Å²) in [5.41, 5.74) is 0.479. The predicted molar refractivity (Wildman–Crippen MR) is 77.0 cm³/mol. The number of hydrogen-bond donors (Lipinski definition) is 0. The van der Waals surface area contributed by atoms with Crippen molar-refractivity contribution in [3.63, 3.8) is 0 Å². The maximum absolute atomic E-state index is 12.2. The van der Waals surface area contributed by atoms with E-state index in [9.17, 15) is 8.42 Å². The Balaban J connectivity index is 1.99. The Hall–Kier alpha value is -1.03. The summed E-state index contributed by atoms with van der Waals surface area (Å²) in [4.78, 5) is 2.50. The molecule has 0 aliphatic carbocycles. The molecule has 2 rings (SSSR count). The normalized spacial score (nSPS) is 17.0. The molecule has 0 radical (unpaired) electrons. The van der Waals surface area contributed by atoms with E-state index in [0.29, 0.717) is 17.0 Å². The van der Waals surface area contributed by atoms with E-state index in [-0.39, 0.29) is 5.75 Å². The fourth-order valence-corrected chi connectivity index (χ4v) is 4.19. The fourth-order valence-electron chi connectivity index (χ4n) is 1.93. The summed E-state index contributed by atoms with van der Waals surface area (Å²) in [5.74, 6) is 2.30. The second-order valence-electron chi connectivity index (χ2n) is 4.41. The standard InChI is InChI=1S/C13H16N2O2S2/c14-11-12-1-3-13(4-2-12)19(16,17)10-7-15-5-8-18-9-6-15/h1-4H,5-10H2. The third-order valence-corrected chi connectivity index (χ3v) is 5.78. The first-order valence-electron chi connectivity index (χ1n) is 6.15. The Morgan fingerprint density at radius 2 is 1.84 bits per heavy atom. The van der Waals surface area contributed by atoms with Crippen LogP contribution in [0.25, 0.3) is 0 Å². The van der Waals surface area contributed by atoms with Crippen molar-refractivity contribution in [3.05, 3.63) is 29.8 Å². The van der Waals surface area contributed by atoms with Crippen LogP contribution in [-0.4, -0.2) is 50.2 Å². The van der Waals surface area contributed by atoms with Crippen LogP contribution in [0.2, 0.25) is 0 Å². The number of hydrogen-bond acceptors (Lipinski definition) is 5. The number of benzene rings is 1. The maximum atomic E-state index is 12.2. The molecule has 6 heteroatoms. The molecule has 1 fully saturated rings. The van der Waals surface area contributed by atoms with Gasteiger partial charge in [-0.2, -0.15) is 17.0 Å². The van der Waals surface area contributed by atoms with Crippen molar-refractivity contribution >= 4 is 21.6 Å². The molecule has 0 N–H and O–H groups in total. The monoisotopic (exact) mass is 296 g/mol. The number of thioether (sulfide) groups is 1. The van der Waals surface area contributed by atoms with Crippen LogP contribution in [0, 0.1) is 11.3 Å². The molecule has 102 valence electrons. The quantitative estimate of drug-likeness (QED) is 0.840. The molecule has 0 saturated carbocycles. The van der Waals surface area contributed by atoms with Crippen LogP contribution >= 0.6 is 11.8 Å². The second kappa shape index (κ2) is 6.42. The lowest BCUT2D eigenvalue weighted by molar-refractivity contribution is 0.320. The van der Waals surface area contributed by atoms with Crippen LogP contribution in [0.4, 0.5) is 0 Å². The summed E-state index contributed by atoms with van der Waals surface area (Å²) in [6.45, 7) is 2.52. The molecule has 1 aliphatic heterocycles. The van der Waals surface area contributed by atoms with Crippen molar-refractivity contribution in [2.45, 2.75) is 4.90 Å². The summed E-state index contributed by atoms with van der Waals surface area (Å²) in [7, 11) is -3.24. The Kier molecular flexibility index (Phi) is 4.86. The van der Waals surface area contributed by atoms with E-state index in [1.807, 2.05) is 17.8 Å². The number of sulfone groups is 1. The molecular weight excluding hydrogens is 280 g/mol. The van der Waals surface area contributed by atoms with Crippen molar-refractivity contribution < 1.29 is 8.42 Å². The summed E-state index contributed by atoms with van der Waals surface area (Å²) >= 11 is 1.91. The highest BCUT2D eigenvalue weighted by Crippen LogP contribution is 2.14. The van der Waals surface area contributed by atoms with E-state index < -0.39 is 9.84 Å². The molecule has 1 saturated heterocycles. The Bertz CT molecular complexity index is 555. The highest BCUT2D eigenvalue weighted by atomic mass is 32.2. The minimum absolute atomic E-state index is 0.142. The lowest BCUT2D eigenvalue weighted by atomic mass is 10.2. The van der Waals surface area contributed by atoms with E-state index in [1.165, 1.54) is 12.1 Å². The van der Waals surface area contributed by atoms with Crippen LogP contribution in [0.5, 0.6) is 0 Å². The van der Waals surface area contributed by atoms with Gasteiger partial charge in [0.05, 0.1) is 22.3 Å². The van der Waals surface area contributed by atoms with Gasteiger partial charge in [-0.1, -0.05) is 0 Å².